The molecule has 6 heteroatoms. The molecule has 1 rings (SSSR count). The van der Waals surface area contributed by atoms with Crippen LogP contribution in [0.5, 0.6) is 6.01 Å². The number of rotatable bonds is 1. The van der Waals surface area contributed by atoms with Crippen molar-refractivity contribution in [2.45, 2.75) is 0 Å². The van der Waals surface area contributed by atoms with Crippen LogP contribution in [0, 0.1) is 0 Å². The molecule has 0 aliphatic carbocycles. The number of hydrogen-bond acceptors (Lipinski definition) is 4. The predicted octanol–water partition coefficient (Wildman–Crippen LogP) is -1.52. The highest BCUT2D eigenvalue weighted by Gasteiger charge is 1.99. The standard InChI is InChI=1S/C5H7N3O3/c1-8-4(9)6-3(11-2)7-5(8)10/h1-2H3,(H,6,7,9,10). The molecule has 1 aromatic heterocycles. The summed E-state index contributed by atoms with van der Waals surface area (Å²) < 4.78 is 5.40. The van der Waals surface area contributed by atoms with E-state index in [1.165, 1.54) is 14.2 Å². The van der Waals surface area contributed by atoms with Gasteiger partial charge in [-0.1, -0.05) is 0 Å². The Hall–Kier alpha value is -1.59. The molecule has 0 bridgehead atoms. The lowest BCUT2D eigenvalue weighted by molar-refractivity contribution is 0.370. The molecule has 0 aliphatic heterocycles. The molecule has 0 saturated carbocycles. The van der Waals surface area contributed by atoms with Gasteiger partial charge in [-0.25, -0.2) is 14.2 Å². The molecule has 0 spiro atoms. The summed E-state index contributed by atoms with van der Waals surface area (Å²) in [6, 6.07) is -0.0712. The lowest BCUT2D eigenvalue weighted by Gasteiger charge is -1.97. The average molecular weight is 157 g/mol. The van der Waals surface area contributed by atoms with Crippen molar-refractivity contribution in [2.75, 3.05) is 7.11 Å². The molecule has 0 aliphatic rings. The minimum Gasteiger partial charge on any atom is -0.468 e. The Bertz CT molecular complexity index is 333. The molecule has 0 atom stereocenters. The van der Waals surface area contributed by atoms with Crippen LogP contribution in [0.1, 0.15) is 0 Å². The van der Waals surface area contributed by atoms with Gasteiger partial charge < -0.3 is 4.74 Å². The Morgan fingerprint density at radius 3 is 2.64 bits per heavy atom. The second-order valence-corrected chi connectivity index (χ2v) is 1.89. The number of aromatic amines is 1. The number of aromatic nitrogens is 3. The van der Waals surface area contributed by atoms with E-state index in [9.17, 15) is 9.59 Å². The lowest BCUT2D eigenvalue weighted by atomic mass is 10.9. The maximum atomic E-state index is 10.8. The zero-order valence-corrected chi connectivity index (χ0v) is 6.12. The van der Waals surface area contributed by atoms with Gasteiger partial charge in [-0.15, -0.1) is 4.98 Å². The van der Waals surface area contributed by atoms with E-state index in [-0.39, 0.29) is 6.01 Å². The fourth-order valence-electron chi connectivity index (χ4n) is 0.549. The van der Waals surface area contributed by atoms with Crippen molar-refractivity contribution in [1.29, 1.82) is 0 Å². The SMILES string of the molecule is COc1nc(=O)n(C)c(=O)[nH]1. The van der Waals surface area contributed by atoms with E-state index in [1.807, 2.05) is 0 Å². The third-order valence-electron chi connectivity index (χ3n) is 1.20. The van der Waals surface area contributed by atoms with Crippen LogP contribution >= 0.6 is 0 Å². The van der Waals surface area contributed by atoms with Crippen molar-refractivity contribution in [1.82, 2.24) is 14.5 Å². The van der Waals surface area contributed by atoms with Crippen LogP contribution in [-0.4, -0.2) is 21.6 Å². The van der Waals surface area contributed by atoms with Crippen LogP contribution in [0.15, 0.2) is 9.59 Å². The van der Waals surface area contributed by atoms with Gasteiger partial charge in [0.2, 0.25) is 0 Å². The zero-order chi connectivity index (χ0) is 8.43. The first-order chi connectivity index (χ1) is 5.15. The van der Waals surface area contributed by atoms with Gasteiger partial charge in [-0.3, -0.25) is 4.98 Å². The summed E-state index contributed by atoms with van der Waals surface area (Å²) in [6.07, 6.45) is 0. The third kappa shape index (κ3) is 1.28. The van der Waals surface area contributed by atoms with Crippen molar-refractivity contribution in [3.8, 4) is 6.01 Å². The van der Waals surface area contributed by atoms with Gasteiger partial charge in [-0.2, -0.15) is 0 Å². The van der Waals surface area contributed by atoms with Gasteiger partial charge in [0.1, 0.15) is 0 Å². The first-order valence-electron chi connectivity index (χ1n) is 2.86. The summed E-state index contributed by atoms with van der Waals surface area (Å²) >= 11 is 0. The van der Waals surface area contributed by atoms with E-state index in [1.54, 1.807) is 0 Å². The molecule has 1 N–H and O–H groups in total. The lowest BCUT2D eigenvalue weighted by Crippen LogP contribution is -2.34. The van der Waals surface area contributed by atoms with Crippen LogP contribution in [0.3, 0.4) is 0 Å². The Balaban J connectivity index is 3.45. The van der Waals surface area contributed by atoms with E-state index in [0.717, 1.165) is 4.57 Å². The quantitative estimate of drug-likeness (QED) is 0.537. The van der Waals surface area contributed by atoms with Crippen LogP contribution in [0.4, 0.5) is 0 Å². The topological polar surface area (TPSA) is 77.0 Å². The van der Waals surface area contributed by atoms with Gasteiger partial charge in [-0.05, 0) is 0 Å². The van der Waals surface area contributed by atoms with E-state index < -0.39 is 11.4 Å². The zero-order valence-electron chi connectivity index (χ0n) is 6.12. The maximum absolute atomic E-state index is 10.8. The highest BCUT2D eigenvalue weighted by Crippen LogP contribution is 1.86. The summed E-state index contributed by atoms with van der Waals surface area (Å²) in [5.74, 6) is 0. The average Bonchev–Trinajstić information content (AvgIpc) is 1.99. The number of nitrogens with one attached hydrogen (secondary N) is 1. The molecule has 11 heavy (non-hydrogen) atoms. The Morgan fingerprint density at radius 1 is 1.55 bits per heavy atom. The minimum atomic E-state index is -0.634. The number of hydrogen-bond donors (Lipinski definition) is 1. The monoisotopic (exact) mass is 157 g/mol. The number of methoxy groups -OCH3 is 1. The summed E-state index contributed by atoms with van der Waals surface area (Å²) in [5.41, 5.74) is -1.17. The van der Waals surface area contributed by atoms with E-state index in [2.05, 4.69) is 14.7 Å². The second-order valence-electron chi connectivity index (χ2n) is 1.89. The van der Waals surface area contributed by atoms with Crippen LogP contribution < -0.4 is 16.1 Å². The number of ether oxygens (including phenoxy) is 1. The second kappa shape index (κ2) is 2.57. The maximum Gasteiger partial charge on any atom is 0.356 e. The predicted molar refractivity (Wildman–Crippen MR) is 36.7 cm³/mol. The molecule has 0 aromatic carbocycles. The molecule has 0 saturated heterocycles. The molecule has 0 fully saturated rings. The number of H-pyrrole nitrogens is 1. The molecule has 6 nitrogen and oxygen atoms in total. The summed E-state index contributed by atoms with van der Waals surface area (Å²) in [7, 11) is 2.64. The molecule has 0 radical (unpaired) electrons. The summed E-state index contributed by atoms with van der Waals surface area (Å²) in [5, 5.41) is 0. The largest absolute Gasteiger partial charge is 0.468 e. The van der Waals surface area contributed by atoms with Crippen molar-refractivity contribution >= 4 is 0 Å². The Labute approximate surface area is 61.5 Å². The van der Waals surface area contributed by atoms with Crippen molar-refractivity contribution in [3.63, 3.8) is 0 Å². The van der Waals surface area contributed by atoms with Crippen LogP contribution in [0.2, 0.25) is 0 Å². The van der Waals surface area contributed by atoms with Gasteiger partial charge in [0.15, 0.2) is 0 Å². The fraction of sp³-hybridized carbons (Fsp3) is 0.400. The van der Waals surface area contributed by atoms with E-state index in [4.69, 9.17) is 0 Å². The minimum absolute atomic E-state index is 0.0712. The summed E-state index contributed by atoms with van der Waals surface area (Å²) in [6.45, 7) is 0. The van der Waals surface area contributed by atoms with Crippen molar-refractivity contribution in [2.24, 2.45) is 7.05 Å². The van der Waals surface area contributed by atoms with Gasteiger partial charge in [0.05, 0.1) is 7.11 Å². The molecular formula is C5H7N3O3. The normalized spacial score (nSPS) is 9.64. The van der Waals surface area contributed by atoms with Crippen LogP contribution in [-0.2, 0) is 7.05 Å². The van der Waals surface area contributed by atoms with Crippen molar-refractivity contribution in [3.05, 3.63) is 21.0 Å². The van der Waals surface area contributed by atoms with Gasteiger partial charge >= 0.3 is 17.4 Å². The van der Waals surface area contributed by atoms with Gasteiger partial charge in [0.25, 0.3) is 0 Å². The molecule has 1 aromatic rings. The molecule has 1 heterocycles. The smallest absolute Gasteiger partial charge is 0.356 e. The molecular weight excluding hydrogens is 150 g/mol. The molecule has 0 amide bonds. The summed E-state index contributed by atoms with van der Waals surface area (Å²) in [4.78, 5) is 27.2. The van der Waals surface area contributed by atoms with Crippen LogP contribution in [0.25, 0.3) is 0 Å². The van der Waals surface area contributed by atoms with Gasteiger partial charge in [0, 0.05) is 7.05 Å². The highest BCUT2D eigenvalue weighted by molar-refractivity contribution is 4.87. The third-order valence-corrected chi connectivity index (χ3v) is 1.20. The van der Waals surface area contributed by atoms with Crippen molar-refractivity contribution < 1.29 is 4.74 Å². The molecule has 0 unspecified atom stereocenters. The number of nitrogens with zero attached hydrogens (tertiary/aromatic N) is 2. The van der Waals surface area contributed by atoms with E-state index in [0.29, 0.717) is 0 Å². The molecule has 60 valence electrons. The van der Waals surface area contributed by atoms with E-state index >= 15 is 0 Å². The Morgan fingerprint density at radius 2 is 2.18 bits per heavy atom. The Kier molecular flexibility index (Phi) is 1.75. The first-order valence-corrected chi connectivity index (χ1v) is 2.86. The highest BCUT2D eigenvalue weighted by atomic mass is 16.5. The first kappa shape index (κ1) is 7.52. The fourth-order valence-corrected chi connectivity index (χ4v) is 0.549.